The van der Waals surface area contributed by atoms with Crippen LogP contribution < -0.4 is 0 Å². The first kappa shape index (κ1) is 5.75. The van der Waals surface area contributed by atoms with Gasteiger partial charge >= 0.3 is 44.9 Å². The third-order valence-electron chi connectivity index (χ3n) is 0.292. The molecule has 2 heteroatoms. The molecule has 0 bridgehead atoms. The summed E-state index contributed by atoms with van der Waals surface area (Å²) >= 11 is 1.68. The molecular formula is C3H6FSb. The third-order valence-corrected chi connectivity index (χ3v) is 1.19. The molecule has 0 fully saturated rings. The van der Waals surface area contributed by atoms with Crippen molar-refractivity contribution in [3.63, 3.8) is 0 Å². The molecule has 0 aliphatic rings. The van der Waals surface area contributed by atoms with Crippen molar-refractivity contribution in [2.75, 3.05) is 6.67 Å². The van der Waals surface area contributed by atoms with E-state index in [2.05, 4.69) is 0 Å². The molecule has 0 spiro atoms. The van der Waals surface area contributed by atoms with Gasteiger partial charge in [0.2, 0.25) is 0 Å². The SMILES string of the molecule is FCC[CH2][Sb]. The van der Waals surface area contributed by atoms with Crippen LogP contribution in [0.5, 0.6) is 0 Å². The van der Waals surface area contributed by atoms with E-state index >= 15 is 0 Å². The third kappa shape index (κ3) is 4.75. The summed E-state index contributed by atoms with van der Waals surface area (Å²) in [4.78, 5) is 0. The summed E-state index contributed by atoms with van der Waals surface area (Å²) in [5.41, 5.74) is 0. The fourth-order valence-corrected chi connectivity index (χ4v) is 0.401. The molecule has 0 aromatic carbocycles. The maximum absolute atomic E-state index is 11.0. The number of halogens is 1. The van der Waals surface area contributed by atoms with E-state index in [1.54, 1.807) is 23.0 Å². The summed E-state index contributed by atoms with van der Waals surface area (Å²) in [5, 5.41) is 0. The van der Waals surface area contributed by atoms with E-state index in [1.165, 1.54) is 0 Å². The Morgan fingerprint density at radius 2 is 2.20 bits per heavy atom. The van der Waals surface area contributed by atoms with Crippen LogP contribution in [0.2, 0.25) is 4.37 Å². The Balaban J connectivity index is 2.19. The molecule has 5 heavy (non-hydrogen) atoms. The van der Waals surface area contributed by atoms with Gasteiger partial charge in [0.05, 0.1) is 0 Å². The van der Waals surface area contributed by atoms with Gasteiger partial charge in [-0.1, -0.05) is 0 Å². The Morgan fingerprint density at radius 3 is 2.20 bits per heavy atom. The summed E-state index contributed by atoms with van der Waals surface area (Å²) in [5.74, 6) is 0. The molecule has 0 aliphatic heterocycles. The fourth-order valence-electron chi connectivity index (χ4n) is 0.0598. The Morgan fingerprint density at radius 1 is 1.60 bits per heavy atom. The van der Waals surface area contributed by atoms with Crippen LogP contribution in [0.1, 0.15) is 6.42 Å². The van der Waals surface area contributed by atoms with E-state index in [9.17, 15) is 4.39 Å². The van der Waals surface area contributed by atoms with Crippen LogP contribution in [-0.2, 0) is 0 Å². The first-order chi connectivity index (χ1) is 2.41. The summed E-state index contributed by atoms with van der Waals surface area (Å²) in [6, 6.07) is 0. The molecule has 0 amide bonds. The van der Waals surface area contributed by atoms with Crippen LogP contribution in [0.4, 0.5) is 4.39 Å². The Labute approximate surface area is 45.2 Å². The van der Waals surface area contributed by atoms with Crippen molar-refractivity contribution in [1.82, 2.24) is 0 Å². The van der Waals surface area contributed by atoms with Gasteiger partial charge in [0, 0.05) is 0 Å². The van der Waals surface area contributed by atoms with Gasteiger partial charge in [-0.05, 0) is 0 Å². The topological polar surface area (TPSA) is 0 Å². The molecule has 0 saturated heterocycles. The van der Waals surface area contributed by atoms with E-state index in [-0.39, 0.29) is 6.67 Å². The van der Waals surface area contributed by atoms with Crippen molar-refractivity contribution < 1.29 is 4.39 Å². The van der Waals surface area contributed by atoms with Gasteiger partial charge in [-0.2, -0.15) is 0 Å². The van der Waals surface area contributed by atoms with Crippen molar-refractivity contribution in [2.24, 2.45) is 0 Å². The molecule has 0 aliphatic carbocycles. The molecule has 0 atom stereocenters. The first-order valence-corrected chi connectivity index (χ1v) is 3.39. The molecule has 2 radical (unpaired) electrons. The zero-order chi connectivity index (χ0) is 4.12. The van der Waals surface area contributed by atoms with Crippen LogP contribution in [-0.4, -0.2) is 29.7 Å². The van der Waals surface area contributed by atoms with E-state index in [1.807, 2.05) is 0 Å². The van der Waals surface area contributed by atoms with E-state index < -0.39 is 0 Å². The van der Waals surface area contributed by atoms with E-state index in [0.717, 1.165) is 10.8 Å². The van der Waals surface area contributed by atoms with Crippen molar-refractivity contribution >= 4 is 23.0 Å². The summed E-state index contributed by atoms with van der Waals surface area (Å²) in [7, 11) is 0. The summed E-state index contributed by atoms with van der Waals surface area (Å²) < 4.78 is 12.0. The minimum absolute atomic E-state index is 0.144. The monoisotopic (exact) mass is 182 g/mol. The van der Waals surface area contributed by atoms with Gasteiger partial charge in [-0.3, -0.25) is 0 Å². The van der Waals surface area contributed by atoms with Crippen LogP contribution in [0.15, 0.2) is 0 Å². The Bertz CT molecular complexity index is 14.4. The van der Waals surface area contributed by atoms with Gasteiger partial charge in [-0.25, -0.2) is 0 Å². The molecule has 0 aromatic heterocycles. The minimum atomic E-state index is -0.144. The molecule has 0 saturated carbocycles. The molecule has 0 aromatic rings. The number of hydrogen-bond acceptors (Lipinski definition) is 0. The predicted molar refractivity (Wildman–Crippen MR) is 21.2 cm³/mol. The Hall–Kier alpha value is 0.748. The maximum atomic E-state index is 11.0. The number of alkyl halides is 1. The van der Waals surface area contributed by atoms with Crippen LogP contribution in [0, 0.1) is 0 Å². The van der Waals surface area contributed by atoms with Gasteiger partial charge in [0.25, 0.3) is 0 Å². The predicted octanol–water partition coefficient (Wildman–Crippen LogP) is 0.933. The zero-order valence-corrected chi connectivity index (χ0v) is 5.50. The molecule has 0 rings (SSSR count). The summed E-state index contributed by atoms with van der Waals surface area (Å²) in [6.45, 7) is -0.144. The molecule has 0 nitrogen and oxygen atoms in total. The summed E-state index contributed by atoms with van der Waals surface area (Å²) in [6.07, 6.45) is 0.744. The number of rotatable bonds is 2. The van der Waals surface area contributed by atoms with Crippen LogP contribution in [0.25, 0.3) is 0 Å². The van der Waals surface area contributed by atoms with Gasteiger partial charge in [-0.15, -0.1) is 0 Å². The van der Waals surface area contributed by atoms with Gasteiger partial charge in [0.1, 0.15) is 0 Å². The molecule has 0 unspecified atom stereocenters. The molecule has 0 heterocycles. The van der Waals surface area contributed by atoms with Crippen molar-refractivity contribution in [3.8, 4) is 0 Å². The van der Waals surface area contributed by atoms with Crippen LogP contribution in [0.3, 0.4) is 0 Å². The molecular weight excluding hydrogens is 177 g/mol. The van der Waals surface area contributed by atoms with Crippen LogP contribution >= 0.6 is 0 Å². The van der Waals surface area contributed by atoms with Crippen molar-refractivity contribution in [1.29, 1.82) is 0 Å². The fraction of sp³-hybridized carbons (Fsp3) is 1.00. The van der Waals surface area contributed by atoms with Gasteiger partial charge < -0.3 is 0 Å². The molecule has 0 N–H and O–H groups in total. The average molecular weight is 183 g/mol. The standard InChI is InChI=1S/C3H6F.Sb/c1-2-3-4;/h1-3H2;. The van der Waals surface area contributed by atoms with Crippen molar-refractivity contribution in [2.45, 2.75) is 10.8 Å². The Kier molecular flexibility index (Phi) is 5.46. The van der Waals surface area contributed by atoms with E-state index in [0.29, 0.717) is 0 Å². The zero-order valence-electron chi connectivity index (χ0n) is 2.95. The first-order valence-electron chi connectivity index (χ1n) is 1.58. The second-order valence-electron chi connectivity index (χ2n) is 0.766. The van der Waals surface area contributed by atoms with E-state index in [4.69, 9.17) is 0 Å². The second-order valence-corrected chi connectivity index (χ2v) is 2.04. The van der Waals surface area contributed by atoms with Crippen molar-refractivity contribution in [3.05, 3.63) is 0 Å². The van der Waals surface area contributed by atoms with Gasteiger partial charge in [0.15, 0.2) is 0 Å². The number of hydrogen-bond donors (Lipinski definition) is 0. The average Bonchev–Trinajstić information content (AvgIpc) is 1.41. The normalized spacial score (nSPS) is 8.40. The molecule has 30 valence electrons. The second kappa shape index (κ2) is 4.75. The quantitative estimate of drug-likeness (QED) is 0.558.